The van der Waals surface area contributed by atoms with Gasteiger partial charge in [0, 0.05) is 23.5 Å². The number of rotatable bonds is 5. The van der Waals surface area contributed by atoms with Crippen LogP contribution < -0.4 is 0 Å². The van der Waals surface area contributed by atoms with Gasteiger partial charge in [-0.1, -0.05) is 50.0 Å². The Labute approximate surface area is 134 Å². The largest absolute Gasteiger partial charge is 0.337 e. The summed E-state index contributed by atoms with van der Waals surface area (Å²) in [6.07, 6.45) is 2.69. The molecule has 0 N–H and O–H groups in total. The molecule has 0 aliphatic heterocycles. The first-order valence-electron chi connectivity index (χ1n) is 6.28. The molecule has 8 heteroatoms. The van der Waals surface area contributed by atoms with Gasteiger partial charge < -0.3 is 4.52 Å². The van der Waals surface area contributed by atoms with Crippen LogP contribution in [-0.2, 0) is 13.0 Å². The molecule has 2 aromatic heterocycles. The van der Waals surface area contributed by atoms with Gasteiger partial charge in [-0.25, -0.2) is 4.68 Å². The number of hydrogen-bond acceptors (Lipinski definition) is 5. The average Bonchev–Trinajstić information content (AvgIpc) is 3.10. The first-order chi connectivity index (χ1) is 10.3. The zero-order valence-electron chi connectivity index (χ0n) is 10.9. The van der Waals surface area contributed by atoms with Gasteiger partial charge in [-0.15, -0.1) is 5.10 Å². The summed E-state index contributed by atoms with van der Waals surface area (Å²) < 4.78 is 6.90. The summed E-state index contributed by atoms with van der Waals surface area (Å²) in [5.41, 5.74) is 1.66. The second-order valence-electron chi connectivity index (χ2n) is 4.34. The predicted octanol–water partition coefficient (Wildman–Crippen LogP) is 2.97. The Balaban J connectivity index is 1.77. The van der Waals surface area contributed by atoms with Crippen LogP contribution in [0, 0.1) is 0 Å². The Morgan fingerprint density at radius 1 is 1.29 bits per heavy atom. The maximum atomic E-state index is 6.11. The topological polar surface area (TPSA) is 69.6 Å². The summed E-state index contributed by atoms with van der Waals surface area (Å²) in [4.78, 5) is 4.33. The van der Waals surface area contributed by atoms with E-state index in [0.29, 0.717) is 23.3 Å². The highest BCUT2D eigenvalue weighted by Gasteiger charge is 2.12. The Bertz CT molecular complexity index is 742. The molecule has 3 rings (SSSR count). The summed E-state index contributed by atoms with van der Waals surface area (Å²) in [5, 5.41) is 13.5. The van der Waals surface area contributed by atoms with Crippen LogP contribution in [0.2, 0.25) is 5.02 Å². The first-order valence-corrected chi connectivity index (χ1v) is 7.78. The molecule has 0 atom stereocenters. The maximum absolute atomic E-state index is 6.11. The summed E-state index contributed by atoms with van der Waals surface area (Å²) in [6.45, 7) is 0.382. The zero-order chi connectivity index (χ0) is 14.7. The third-order valence-electron chi connectivity index (χ3n) is 2.82. The monoisotopic (exact) mass is 367 g/mol. The van der Waals surface area contributed by atoms with Crippen molar-refractivity contribution in [2.24, 2.45) is 0 Å². The fourth-order valence-electron chi connectivity index (χ4n) is 1.84. The minimum atomic E-state index is 0.382. The van der Waals surface area contributed by atoms with Gasteiger partial charge >= 0.3 is 0 Å². The van der Waals surface area contributed by atoms with Crippen molar-refractivity contribution in [1.29, 1.82) is 0 Å². The van der Waals surface area contributed by atoms with Gasteiger partial charge in [-0.3, -0.25) is 0 Å². The van der Waals surface area contributed by atoms with Crippen molar-refractivity contribution in [2.45, 2.75) is 13.0 Å². The molecule has 21 heavy (non-hydrogen) atoms. The van der Waals surface area contributed by atoms with E-state index in [-0.39, 0.29) is 0 Å². The second-order valence-corrected chi connectivity index (χ2v) is 5.54. The van der Waals surface area contributed by atoms with E-state index in [1.54, 1.807) is 10.7 Å². The molecule has 1 aromatic carbocycles. The van der Waals surface area contributed by atoms with Gasteiger partial charge in [-0.2, -0.15) is 4.98 Å². The molecule has 6 nitrogen and oxygen atoms in total. The van der Waals surface area contributed by atoms with Crippen molar-refractivity contribution in [1.82, 2.24) is 25.1 Å². The van der Waals surface area contributed by atoms with E-state index in [2.05, 4.69) is 36.4 Å². The van der Waals surface area contributed by atoms with Gasteiger partial charge in [0.15, 0.2) is 0 Å². The summed E-state index contributed by atoms with van der Waals surface area (Å²) in [6, 6.07) is 7.37. The van der Waals surface area contributed by atoms with Crippen LogP contribution in [0.5, 0.6) is 0 Å². The predicted molar refractivity (Wildman–Crippen MR) is 81.4 cm³/mol. The number of aromatic nitrogens is 5. The molecule has 0 saturated carbocycles. The minimum absolute atomic E-state index is 0.382. The van der Waals surface area contributed by atoms with E-state index in [0.717, 1.165) is 23.0 Å². The van der Waals surface area contributed by atoms with Gasteiger partial charge in [0.05, 0.1) is 10.7 Å². The third-order valence-corrected chi connectivity index (χ3v) is 3.54. The van der Waals surface area contributed by atoms with E-state index in [9.17, 15) is 0 Å². The standard InChI is InChI=1S/C13H11BrClN5O/c14-6-5-9-7-20(19-17-9)8-12-16-13(18-21-12)10-3-1-2-4-11(10)15/h1-4,7H,5-6,8H2. The molecule has 0 fully saturated rings. The zero-order valence-corrected chi connectivity index (χ0v) is 13.3. The highest BCUT2D eigenvalue weighted by Crippen LogP contribution is 2.24. The van der Waals surface area contributed by atoms with Crippen molar-refractivity contribution in [3.8, 4) is 11.4 Å². The Morgan fingerprint density at radius 2 is 2.14 bits per heavy atom. The molecule has 0 unspecified atom stereocenters. The molecule has 0 amide bonds. The number of hydrogen-bond donors (Lipinski definition) is 0. The van der Waals surface area contributed by atoms with Crippen molar-refractivity contribution >= 4 is 27.5 Å². The number of alkyl halides is 1. The molecule has 2 heterocycles. The highest BCUT2D eigenvalue weighted by molar-refractivity contribution is 9.09. The van der Waals surface area contributed by atoms with Crippen molar-refractivity contribution in [3.63, 3.8) is 0 Å². The average molecular weight is 369 g/mol. The Kier molecular flexibility index (Phi) is 4.31. The Hall–Kier alpha value is -1.73. The van der Waals surface area contributed by atoms with Gasteiger partial charge in [0.25, 0.3) is 0 Å². The van der Waals surface area contributed by atoms with Crippen molar-refractivity contribution < 1.29 is 4.52 Å². The SMILES string of the molecule is Clc1ccccc1-c1noc(Cn2cc(CCBr)nn2)n1. The quantitative estimate of drug-likeness (QED) is 0.648. The molecule has 0 radical (unpaired) electrons. The van der Waals surface area contributed by atoms with E-state index >= 15 is 0 Å². The van der Waals surface area contributed by atoms with E-state index in [4.69, 9.17) is 16.1 Å². The second kappa shape index (κ2) is 6.36. The smallest absolute Gasteiger partial charge is 0.248 e. The number of benzene rings is 1. The first kappa shape index (κ1) is 14.2. The molecule has 0 spiro atoms. The fourth-order valence-corrected chi connectivity index (χ4v) is 2.46. The van der Waals surface area contributed by atoms with Gasteiger partial charge in [0.1, 0.15) is 6.54 Å². The van der Waals surface area contributed by atoms with Crippen molar-refractivity contribution in [3.05, 3.63) is 47.1 Å². The van der Waals surface area contributed by atoms with Gasteiger partial charge in [-0.05, 0) is 12.1 Å². The summed E-state index contributed by atoms with van der Waals surface area (Å²) in [5.74, 6) is 0.927. The van der Waals surface area contributed by atoms with Crippen LogP contribution in [-0.4, -0.2) is 30.5 Å². The molecule has 0 bridgehead atoms. The van der Waals surface area contributed by atoms with Crippen molar-refractivity contribution in [2.75, 3.05) is 5.33 Å². The molecular weight excluding hydrogens is 358 g/mol. The number of nitrogens with zero attached hydrogens (tertiary/aromatic N) is 5. The number of halogens is 2. The van der Waals surface area contributed by atoms with E-state index in [1.807, 2.05) is 24.4 Å². The lowest BCUT2D eigenvalue weighted by Crippen LogP contribution is -2.00. The van der Waals surface area contributed by atoms with E-state index < -0.39 is 0 Å². The maximum Gasteiger partial charge on any atom is 0.248 e. The van der Waals surface area contributed by atoms with Gasteiger partial charge in [0.2, 0.25) is 11.7 Å². The van der Waals surface area contributed by atoms with E-state index in [1.165, 1.54) is 0 Å². The van der Waals surface area contributed by atoms with Crippen LogP contribution in [0.4, 0.5) is 0 Å². The Morgan fingerprint density at radius 3 is 2.95 bits per heavy atom. The van der Waals surface area contributed by atoms with Crippen LogP contribution in [0.1, 0.15) is 11.6 Å². The molecular formula is C13H11BrClN5O. The van der Waals surface area contributed by atoms with Crippen LogP contribution in [0.15, 0.2) is 35.0 Å². The number of aryl methyl sites for hydroxylation is 1. The molecule has 0 aliphatic rings. The lowest BCUT2D eigenvalue weighted by molar-refractivity contribution is 0.364. The molecule has 0 saturated heterocycles. The van der Waals surface area contributed by atoms with Crippen LogP contribution in [0.25, 0.3) is 11.4 Å². The lowest BCUT2D eigenvalue weighted by Gasteiger charge is -1.96. The summed E-state index contributed by atoms with van der Waals surface area (Å²) >= 11 is 9.48. The molecule has 0 aliphatic carbocycles. The third kappa shape index (κ3) is 3.30. The molecule has 108 valence electrons. The minimum Gasteiger partial charge on any atom is -0.337 e. The fraction of sp³-hybridized carbons (Fsp3) is 0.231. The van der Waals surface area contributed by atoms with Crippen LogP contribution >= 0.6 is 27.5 Å². The summed E-state index contributed by atoms with van der Waals surface area (Å²) in [7, 11) is 0. The normalized spacial score (nSPS) is 11.0. The highest BCUT2D eigenvalue weighted by atomic mass is 79.9. The molecule has 3 aromatic rings. The lowest BCUT2D eigenvalue weighted by atomic mass is 10.2. The van der Waals surface area contributed by atoms with Crippen LogP contribution in [0.3, 0.4) is 0 Å².